The summed E-state index contributed by atoms with van der Waals surface area (Å²) in [6.07, 6.45) is 1.67. The predicted octanol–water partition coefficient (Wildman–Crippen LogP) is 2.73. The van der Waals surface area contributed by atoms with E-state index in [0.717, 1.165) is 23.4 Å². The summed E-state index contributed by atoms with van der Waals surface area (Å²) in [5, 5.41) is 2.92. The number of anilines is 3. The molecule has 0 bridgehead atoms. The van der Waals surface area contributed by atoms with Gasteiger partial charge in [-0.05, 0) is 42.7 Å². The fourth-order valence-corrected chi connectivity index (χ4v) is 3.85. The number of carbonyl (C=O) groups excluding carboxylic acids is 3. The van der Waals surface area contributed by atoms with Gasteiger partial charge in [-0.25, -0.2) is 0 Å². The molecule has 138 valence electrons. The number of hydrogen-bond donors (Lipinski definition) is 1. The van der Waals surface area contributed by atoms with Crippen molar-refractivity contribution >= 4 is 34.8 Å². The molecule has 2 aliphatic rings. The SMILES string of the molecule is CC(=O)N1CCc2ccc(NC(=O)C3CCC(=O)N3c3ccccc3)cc21. The molecule has 27 heavy (non-hydrogen) atoms. The van der Waals surface area contributed by atoms with Gasteiger partial charge < -0.3 is 10.2 Å². The van der Waals surface area contributed by atoms with Crippen LogP contribution in [-0.4, -0.2) is 30.3 Å². The molecule has 1 saturated heterocycles. The Morgan fingerprint density at radius 1 is 1.07 bits per heavy atom. The molecule has 4 rings (SSSR count). The van der Waals surface area contributed by atoms with Gasteiger partial charge in [0.15, 0.2) is 0 Å². The summed E-state index contributed by atoms with van der Waals surface area (Å²) in [5.74, 6) is -0.260. The molecule has 1 atom stereocenters. The molecule has 2 heterocycles. The van der Waals surface area contributed by atoms with Crippen molar-refractivity contribution < 1.29 is 14.4 Å². The van der Waals surface area contributed by atoms with Crippen LogP contribution < -0.4 is 15.1 Å². The summed E-state index contributed by atoms with van der Waals surface area (Å²) >= 11 is 0. The second-order valence-corrected chi connectivity index (χ2v) is 6.91. The van der Waals surface area contributed by atoms with Crippen LogP contribution in [0.25, 0.3) is 0 Å². The molecule has 2 aromatic rings. The van der Waals surface area contributed by atoms with Crippen LogP contribution in [0.3, 0.4) is 0 Å². The van der Waals surface area contributed by atoms with Gasteiger partial charge in [0.25, 0.3) is 0 Å². The molecule has 6 nitrogen and oxygen atoms in total. The van der Waals surface area contributed by atoms with Crippen LogP contribution in [0.5, 0.6) is 0 Å². The van der Waals surface area contributed by atoms with Gasteiger partial charge in [-0.1, -0.05) is 24.3 Å². The zero-order valence-electron chi connectivity index (χ0n) is 15.1. The highest BCUT2D eigenvalue weighted by Gasteiger charge is 2.37. The largest absolute Gasteiger partial charge is 0.324 e. The number of hydrogen-bond acceptors (Lipinski definition) is 3. The lowest BCUT2D eigenvalue weighted by Crippen LogP contribution is -2.41. The van der Waals surface area contributed by atoms with Gasteiger partial charge in [-0.3, -0.25) is 19.3 Å². The van der Waals surface area contributed by atoms with Crippen LogP contribution >= 0.6 is 0 Å². The van der Waals surface area contributed by atoms with Crippen LogP contribution in [0.4, 0.5) is 17.1 Å². The zero-order chi connectivity index (χ0) is 19.0. The van der Waals surface area contributed by atoms with Crippen molar-refractivity contribution in [2.45, 2.75) is 32.2 Å². The van der Waals surface area contributed by atoms with Gasteiger partial charge in [-0.15, -0.1) is 0 Å². The summed E-state index contributed by atoms with van der Waals surface area (Å²) in [4.78, 5) is 40.3. The molecule has 0 spiro atoms. The number of carbonyl (C=O) groups is 3. The van der Waals surface area contributed by atoms with E-state index in [0.29, 0.717) is 25.1 Å². The number of nitrogens with one attached hydrogen (secondary N) is 1. The summed E-state index contributed by atoms with van der Waals surface area (Å²) in [5.41, 5.74) is 3.32. The normalized spacial score (nSPS) is 18.6. The number of para-hydroxylation sites is 1. The Kier molecular flexibility index (Phi) is 4.39. The smallest absolute Gasteiger partial charge is 0.247 e. The second-order valence-electron chi connectivity index (χ2n) is 6.91. The molecule has 1 N–H and O–H groups in total. The van der Waals surface area contributed by atoms with E-state index in [1.165, 1.54) is 0 Å². The second kappa shape index (κ2) is 6.87. The quantitative estimate of drug-likeness (QED) is 0.912. The van der Waals surface area contributed by atoms with Crippen LogP contribution in [0, 0.1) is 0 Å². The summed E-state index contributed by atoms with van der Waals surface area (Å²) in [7, 11) is 0. The third kappa shape index (κ3) is 3.18. The minimum absolute atomic E-state index is 0.00568. The molecule has 2 aliphatic heterocycles. The van der Waals surface area contributed by atoms with Crippen molar-refractivity contribution in [3.05, 3.63) is 54.1 Å². The first-order chi connectivity index (χ1) is 13.0. The Bertz CT molecular complexity index is 910. The van der Waals surface area contributed by atoms with Crippen molar-refractivity contribution in [1.82, 2.24) is 0 Å². The standard InChI is InChI=1S/C21H21N3O3/c1-14(25)23-12-11-15-7-8-16(13-19(15)23)22-21(27)18-9-10-20(26)24(18)17-5-3-2-4-6-17/h2-8,13,18H,9-12H2,1H3,(H,22,27). The lowest BCUT2D eigenvalue weighted by Gasteiger charge is -2.24. The predicted molar refractivity (Wildman–Crippen MR) is 104 cm³/mol. The fourth-order valence-electron chi connectivity index (χ4n) is 3.85. The lowest BCUT2D eigenvalue weighted by atomic mass is 10.1. The molecule has 1 unspecified atom stereocenters. The van der Waals surface area contributed by atoms with E-state index in [1.807, 2.05) is 48.5 Å². The Balaban J connectivity index is 1.55. The molecule has 2 aromatic carbocycles. The maximum absolute atomic E-state index is 12.9. The maximum Gasteiger partial charge on any atom is 0.247 e. The monoisotopic (exact) mass is 363 g/mol. The Morgan fingerprint density at radius 2 is 1.85 bits per heavy atom. The van der Waals surface area contributed by atoms with E-state index in [4.69, 9.17) is 0 Å². The first kappa shape index (κ1) is 17.3. The van der Waals surface area contributed by atoms with Crippen LogP contribution in [0.1, 0.15) is 25.3 Å². The molecule has 0 radical (unpaired) electrons. The summed E-state index contributed by atoms with van der Waals surface area (Å²) < 4.78 is 0. The number of nitrogens with zero attached hydrogens (tertiary/aromatic N) is 2. The van der Waals surface area contributed by atoms with Crippen molar-refractivity contribution in [1.29, 1.82) is 0 Å². The van der Waals surface area contributed by atoms with Crippen molar-refractivity contribution in [3.8, 4) is 0 Å². The first-order valence-corrected chi connectivity index (χ1v) is 9.13. The minimum atomic E-state index is -0.530. The van der Waals surface area contributed by atoms with Gasteiger partial charge in [0.05, 0.1) is 0 Å². The Labute approximate surface area is 157 Å². The third-order valence-corrected chi connectivity index (χ3v) is 5.18. The van der Waals surface area contributed by atoms with Crippen LogP contribution in [0.2, 0.25) is 0 Å². The van der Waals surface area contributed by atoms with E-state index in [-0.39, 0.29) is 17.7 Å². The third-order valence-electron chi connectivity index (χ3n) is 5.18. The van der Waals surface area contributed by atoms with Gasteiger partial charge >= 0.3 is 0 Å². The molecule has 0 saturated carbocycles. The highest BCUT2D eigenvalue weighted by atomic mass is 16.2. The van der Waals surface area contributed by atoms with E-state index in [1.54, 1.807) is 16.7 Å². The molecule has 0 aliphatic carbocycles. The minimum Gasteiger partial charge on any atom is -0.324 e. The molecule has 0 aromatic heterocycles. The Morgan fingerprint density at radius 3 is 2.59 bits per heavy atom. The number of fused-ring (bicyclic) bond motifs is 1. The van der Waals surface area contributed by atoms with Gasteiger partial charge in [-0.2, -0.15) is 0 Å². The fraction of sp³-hybridized carbons (Fsp3) is 0.286. The number of benzene rings is 2. The molecular formula is C21H21N3O3. The molecule has 3 amide bonds. The zero-order valence-corrected chi connectivity index (χ0v) is 15.1. The first-order valence-electron chi connectivity index (χ1n) is 9.13. The van der Waals surface area contributed by atoms with Crippen molar-refractivity contribution in [2.75, 3.05) is 21.7 Å². The van der Waals surface area contributed by atoms with E-state index < -0.39 is 6.04 Å². The maximum atomic E-state index is 12.9. The average Bonchev–Trinajstić information content (AvgIpc) is 3.25. The molecule has 6 heteroatoms. The van der Waals surface area contributed by atoms with E-state index in [9.17, 15) is 14.4 Å². The highest BCUT2D eigenvalue weighted by Crippen LogP contribution is 2.32. The van der Waals surface area contributed by atoms with Gasteiger partial charge in [0.2, 0.25) is 17.7 Å². The highest BCUT2D eigenvalue weighted by molar-refractivity contribution is 6.08. The van der Waals surface area contributed by atoms with Crippen molar-refractivity contribution in [3.63, 3.8) is 0 Å². The molecule has 1 fully saturated rings. The number of rotatable bonds is 3. The topological polar surface area (TPSA) is 69.7 Å². The van der Waals surface area contributed by atoms with E-state index >= 15 is 0 Å². The van der Waals surface area contributed by atoms with Crippen LogP contribution in [0.15, 0.2) is 48.5 Å². The Hall–Kier alpha value is -3.15. The molecular weight excluding hydrogens is 342 g/mol. The summed E-state index contributed by atoms with van der Waals surface area (Å²) in [6.45, 7) is 2.21. The lowest BCUT2D eigenvalue weighted by molar-refractivity contribution is -0.120. The van der Waals surface area contributed by atoms with Gasteiger partial charge in [0.1, 0.15) is 6.04 Å². The number of amides is 3. The van der Waals surface area contributed by atoms with E-state index in [2.05, 4.69) is 5.32 Å². The van der Waals surface area contributed by atoms with Crippen molar-refractivity contribution in [2.24, 2.45) is 0 Å². The van der Waals surface area contributed by atoms with Crippen LogP contribution in [-0.2, 0) is 20.8 Å². The van der Waals surface area contributed by atoms with Gasteiger partial charge in [0, 0.05) is 37.0 Å². The summed E-state index contributed by atoms with van der Waals surface area (Å²) in [6, 6.07) is 14.4. The average molecular weight is 363 g/mol.